The molecule has 0 aliphatic heterocycles. The van der Waals surface area contributed by atoms with Gasteiger partial charge in [0, 0.05) is 12.2 Å². The maximum Gasteiger partial charge on any atom is 0.222 e. The van der Waals surface area contributed by atoms with Gasteiger partial charge in [0.25, 0.3) is 0 Å². The van der Waals surface area contributed by atoms with Gasteiger partial charge in [0.15, 0.2) is 0 Å². The van der Waals surface area contributed by atoms with Crippen LogP contribution in [-0.4, -0.2) is 9.97 Å². The number of rotatable bonds is 3. The van der Waals surface area contributed by atoms with E-state index in [0.29, 0.717) is 17.5 Å². The zero-order chi connectivity index (χ0) is 11.4. The van der Waals surface area contributed by atoms with Gasteiger partial charge in [-0.2, -0.15) is 0 Å². The van der Waals surface area contributed by atoms with E-state index in [-0.39, 0.29) is 0 Å². The molecule has 16 heavy (non-hydrogen) atoms. The number of benzene rings is 1. The second-order valence-electron chi connectivity index (χ2n) is 3.32. The average molecular weight is 235 g/mol. The number of hydrogen-bond donors (Lipinski definition) is 2. The van der Waals surface area contributed by atoms with Crippen LogP contribution in [0.25, 0.3) is 0 Å². The van der Waals surface area contributed by atoms with Crippen molar-refractivity contribution in [2.45, 2.75) is 6.54 Å². The SMILES string of the molecule is Nc1ccc(CNc2ncc(Cl)cn2)cc1. The molecule has 2 rings (SSSR count). The van der Waals surface area contributed by atoms with Crippen molar-refractivity contribution in [2.24, 2.45) is 0 Å². The number of nitrogens with one attached hydrogen (secondary N) is 1. The number of halogens is 1. The van der Waals surface area contributed by atoms with Crippen LogP contribution in [0.1, 0.15) is 5.56 Å². The predicted octanol–water partition coefficient (Wildman–Crippen LogP) is 2.32. The molecule has 1 aromatic carbocycles. The normalized spacial score (nSPS) is 10.1. The van der Waals surface area contributed by atoms with Gasteiger partial charge in [0.05, 0.1) is 17.4 Å². The van der Waals surface area contributed by atoms with Gasteiger partial charge in [0.1, 0.15) is 0 Å². The molecular formula is C11H11ClN4. The van der Waals surface area contributed by atoms with Crippen molar-refractivity contribution in [1.82, 2.24) is 9.97 Å². The van der Waals surface area contributed by atoms with Gasteiger partial charge >= 0.3 is 0 Å². The molecule has 1 aromatic heterocycles. The molecule has 2 aromatic rings. The second kappa shape index (κ2) is 4.81. The molecular weight excluding hydrogens is 224 g/mol. The summed E-state index contributed by atoms with van der Waals surface area (Å²) in [4.78, 5) is 8.06. The molecule has 0 aliphatic carbocycles. The fourth-order valence-corrected chi connectivity index (χ4v) is 1.32. The fraction of sp³-hybridized carbons (Fsp3) is 0.0909. The Kier molecular flexibility index (Phi) is 3.22. The Balaban J connectivity index is 1.97. The van der Waals surface area contributed by atoms with Crippen molar-refractivity contribution in [3.63, 3.8) is 0 Å². The highest BCUT2D eigenvalue weighted by Crippen LogP contribution is 2.09. The van der Waals surface area contributed by atoms with Crippen LogP contribution in [0, 0.1) is 0 Å². The third-order valence-electron chi connectivity index (χ3n) is 2.05. The standard InChI is InChI=1S/C11H11ClN4/c12-9-6-15-11(16-7-9)14-5-8-1-3-10(13)4-2-8/h1-4,6-7H,5,13H2,(H,14,15,16). The van der Waals surface area contributed by atoms with Crippen molar-refractivity contribution < 1.29 is 0 Å². The number of hydrogen-bond acceptors (Lipinski definition) is 4. The topological polar surface area (TPSA) is 63.8 Å². The quantitative estimate of drug-likeness (QED) is 0.800. The van der Waals surface area contributed by atoms with E-state index in [1.807, 2.05) is 24.3 Å². The molecule has 5 heteroatoms. The molecule has 0 fully saturated rings. The Labute approximate surface area is 98.5 Å². The largest absolute Gasteiger partial charge is 0.399 e. The summed E-state index contributed by atoms with van der Waals surface area (Å²) in [6.45, 7) is 0.655. The summed E-state index contributed by atoms with van der Waals surface area (Å²) in [5.41, 5.74) is 7.47. The summed E-state index contributed by atoms with van der Waals surface area (Å²) in [6.07, 6.45) is 3.11. The van der Waals surface area contributed by atoms with Gasteiger partial charge in [-0.1, -0.05) is 23.7 Å². The van der Waals surface area contributed by atoms with Gasteiger partial charge < -0.3 is 11.1 Å². The Morgan fingerprint density at radius 1 is 1.12 bits per heavy atom. The van der Waals surface area contributed by atoms with Gasteiger partial charge in [0.2, 0.25) is 5.95 Å². The predicted molar refractivity (Wildman–Crippen MR) is 65.2 cm³/mol. The molecule has 0 unspecified atom stereocenters. The average Bonchev–Trinajstić information content (AvgIpc) is 2.30. The summed E-state index contributed by atoms with van der Waals surface area (Å²) in [5.74, 6) is 0.557. The smallest absolute Gasteiger partial charge is 0.222 e. The highest BCUT2D eigenvalue weighted by Gasteiger charge is 1.96. The number of nitrogens with zero attached hydrogens (tertiary/aromatic N) is 2. The molecule has 0 atom stereocenters. The van der Waals surface area contributed by atoms with E-state index in [1.165, 1.54) is 0 Å². The van der Waals surface area contributed by atoms with Gasteiger partial charge in [-0.3, -0.25) is 0 Å². The zero-order valence-electron chi connectivity index (χ0n) is 8.52. The highest BCUT2D eigenvalue weighted by molar-refractivity contribution is 6.30. The number of anilines is 2. The Hall–Kier alpha value is -1.81. The summed E-state index contributed by atoms with van der Waals surface area (Å²) >= 11 is 5.68. The molecule has 1 heterocycles. The van der Waals surface area contributed by atoms with Crippen molar-refractivity contribution in [3.05, 3.63) is 47.2 Å². The highest BCUT2D eigenvalue weighted by atomic mass is 35.5. The van der Waals surface area contributed by atoms with E-state index in [9.17, 15) is 0 Å². The molecule has 0 saturated carbocycles. The Morgan fingerprint density at radius 2 is 1.75 bits per heavy atom. The van der Waals surface area contributed by atoms with E-state index in [2.05, 4.69) is 15.3 Å². The molecule has 0 spiro atoms. The lowest BCUT2D eigenvalue weighted by molar-refractivity contribution is 1.05. The maximum atomic E-state index is 5.68. The van der Waals surface area contributed by atoms with Crippen LogP contribution in [0.15, 0.2) is 36.7 Å². The first-order valence-electron chi connectivity index (χ1n) is 4.80. The number of aromatic nitrogens is 2. The van der Waals surface area contributed by atoms with E-state index < -0.39 is 0 Å². The van der Waals surface area contributed by atoms with E-state index in [1.54, 1.807) is 12.4 Å². The van der Waals surface area contributed by atoms with Crippen molar-refractivity contribution in [2.75, 3.05) is 11.1 Å². The van der Waals surface area contributed by atoms with Crippen LogP contribution in [-0.2, 0) is 6.54 Å². The zero-order valence-corrected chi connectivity index (χ0v) is 9.28. The van der Waals surface area contributed by atoms with Crippen LogP contribution < -0.4 is 11.1 Å². The first kappa shape index (κ1) is 10.7. The van der Waals surface area contributed by atoms with E-state index in [4.69, 9.17) is 17.3 Å². The third kappa shape index (κ3) is 2.84. The molecule has 0 bridgehead atoms. The lowest BCUT2D eigenvalue weighted by atomic mass is 10.2. The summed E-state index contributed by atoms with van der Waals surface area (Å²) in [7, 11) is 0. The first-order chi connectivity index (χ1) is 7.74. The lowest BCUT2D eigenvalue weighted by Crippen LogP contribution is -2.03. The minimum absolute atomic E-state index is 0.526. The number of nitrogen functional groups attached to an aromatic ring is 1. The monoisotopic (exact) mass is 234 g/mol. The van der Waals surface area contributed by atoms with Crippen LogP contribution in [0.3, 0.4) is 0 Å². The third-order valence-corrected chi connectivity index (χ3v) is 2.25. The second-order valence-corrected chi connectivity index (χ2v) is 3.76. The summed E-state index contributed by atoms with van der Waals surface area (Å²) < 4.78 is 0. The summed E-state index contributed by atoms with van der Waals surface area (Å²) in [6, 6.07) is 7.63. The molecule has 0 saturated heterocycles. The van der Waals surface area contributed by atoms with Crippen LogP contribution >= 0.6 is 11.6 Å². The number of nitrogens with two attached hydrogens (primary N) is 1. The van der Waals surface area contributed by atoms with Crippen LogP contribution in [0.5, 0.6) is 0 Å². The molecule has 4 nitrogen and oxygen atoms in total. The molecule has 3 N–H and O–H groups in total. The van der Waals surface area contributed by atoms with Crippen LogP contribution in [0.4, 0.5) is 11.6 Å². The van der Waals surface area contributed by atoms with E-state index >= 15 is 0 Å². The van der Waals surface area contributed by atoms with Gasteiger partial charge in [-0.05, 0) is 17.7 Å². The molecule has 0 amide bonds. The van der Waals surface area contributed by atoms with Crippen LogP contribution in [0.2, 0.25) is 5.02 Å². The van der Waals surface area contributed by atoms with Gasteiger partial charge in [-0.25, -0.2) is 9.97 Å². The minimum atomic E-state index is 0.526. The lowest BCUT2D eigenvalue weighted by Gasteiger charge is -2.04. The summed E-state index contributed by atoms with van der Waals surface area (Å²) in [5, 5.41) is 3.61. The van der Waals surface area contributed by atoms with E-state index in [0.717, 1.165) is 11.3 Å². The van der Waals surface area contributed by atoms with Gasteiger partial charge in [-0.15, -0.1) is 0 Å². The minimum Gasteiger partial charge on any atom is -0.399 e. The van der Waals surface area contributed by atoms with Crippen molar-refractivity contribution in [1.29, 1.82) is 0 Å². The van der Waals surface area contributed by atoms with Crippen molar-refractivity contribution in [3.8, 4) is 0 Å². The Morgan fingerprint density at radius 3 is 2.38 bits per heavy atom. The maximum absolute atomic E-state index is 5.68. The molecule has 0 aliphatic rings. The first-order valence-corrected chi connectivity index (χ1v) is 5.18. The van der Waals surface area contributed by atoms with Crippen molar-refractivity contribution >= 4 is 23.2 Å². The molecule has 82 valence electrons. The molecule has 0 radical (unpaired) electrons. The Bertz CT molecular complexity index is 407. The fourth-order valence-electron chi connectivity index (χ4n) is 1.22.